The van der Waals surface area contributed by atoms with Crippen molar-refractivity contribution in [3.63, 3.8) is 0 Å². The van der Waals surface area contributed by atoms with Crippen molar-refractivity contribution in [3.8, 4) is 11.5 Å². The maximum Gasteiger partial charge on any atom is 0.222 e. The number of likely N-dealkylation sites (tertiary alicyclic amines) is 1. The Morgan fingerprint density at radius 1 is 1.29 bits per heavy atom. The minimum absolute atomic E-state index is 0.132. The van der Waals surface area contributed by atoms with Crippen molar-refractivity contribution in [2.24, 2.45) is 0 Å². The standard InChI is InChI=1S/C16H22N2O3/c1-2-17-13(11-18-7-3-4-16(18)19)12-5-6-14-15(10-12)21-9-8-20-14/h5-6,10,13,17H,2-4,7-9,11H2,1H3. The van der Waals surface area contributed by atoms with Gasteiger partial charge in [-0.1, -0.05) is 13.0 Å². The van der Waals surface area contributed by atoms with E-state index in [2.05, 4.69) is 18.3 Å². The zero-order valence-electron chi connectivity index (χ0n) is 12.4. The highest BCUT2D eigenvalue weighted by Gasteiger charge is 2.24. The summed E-state index contributed by atoms with van der Waals surface area (Å²) in [6.07, 6.45) is 1.65. The average Bonchev–Trinajstić information content (AvgIpc) is 2.91. The first-order valence-corrected chi connectivity index (χ1v) is 7.68. The van der Waals surface area contributed by atoms with E-state index >= 15 is 0 Å². The van der Waals surface area contributed by atoms with E-state index in [4.69, 9.17) is 9.47 Å². The highest BCUT2D eigenvalue weighted by atomic mass is 16.6. The summed E-state index contributed by atoms with van der Waals surface area (Å²) in [5.41, 5.74) is 1.14. The molecular formula is C16H22N2O3. The van der Waals surface area contributed by atoms with Gasteiger partial charge in [0.05, 0.1) is 6.04 Å². The third-order valence-corrected chi connectivity index (χ3v) is 3.99. The topological polar surface area (TPSA) is 50.8 Å². The van der Waals surface area contributed by atoms with Gasteiger partial charge in [-0.25, -0.2) is 0 Å². The number of nitrogens with zero attached hydrogens (tertiary/aromatic N) is 1. The Morgan fingerprint density at radius 3 is 2.81 bits per heavy atom. The molecule has 2 aliphatic heterocycles. The van der Waals surface area contributed by atoms with Crippen LogP contribution in [0.3, 0.4) is 0 Å². The Morgan fingerprint density at radius 2 is 2.10 bits per heavy atom. The zero-order valence-corrected chi connectivity index (χ0v) is 12.4. The molecule has 2 aliphatic rings. The van der Waals surface area contributed by atoms with Crippen molar-refractivity contribution in [1.29, 1.82) is 0 Å². The average molecular weight is 290 g/mol. The van der Waals surface area contributed by atoms with Gasteiger partial charge in [-0.15, -0.1) is 0 Å². The van der Waals surface area contributed by atoms with Crippen molar-refractivity contribution in [2.45, 2.75) is 25.8 Å². The van der Waals surface area contributed by atoms with Gasteiger partial charge >= 0.3 is 0 Å². The molecule has 0 bridgehead atoms. The molecule has 3 rings (SSSR count). The molecule has 2 heterocycles. The van der Waals surface area contributed by atoms with Crippen LogP contribution in [0.25, 0.3) is 0 Å². The van der Waals surface area contributed by atoms with Crippen LogP contribution in [0, 0.1) is 0 Å². The van der Waals surface area contributed by atoms with Crippen LogP contribution in [0.4, 0.5) is 0 Å². The molecule has 1 aromatic carbocycles. The summed E-state index contributed by atoms with van der Waals surface area (Å²) >= 11 is 0. The fourth-order valence-electron chi connectivity index (χ4n) is 2.93. The van der Waals surface area contributed by atoms with Gasteiger partial charge in [0.25, 0.3) is 0 Å². The molecule has 1 amide bonds. The second-order valence-electron chi connectivity index (χ2n) is 5.46. The lowest BCUT2D eigenvalue weighted by molar-refractivity contribution is -0.128. The van der Waals surface area contributed by atoms with E-state index in [-0.39, 0.29) is 11.9 Å². The molecular weight excluding hydrogens is 268 g/mol. The van der Waals surface area contributed by atoms with Crippen molar-refractivity contribution >= 4 is 5.91 Å². The summed E-state index contributed by atoms with van der Waals surface area (Å²) in [7, 11) is 0. The maximum atomic E-state index is 11.8. The molecule has 0 aliphatic carbocycles. The predicted molar refractivity (Wildman–Crippen MR) is 79.7 cm³/mol. The molecule has 0 radical (unpaired) electrons. The van der Waals surface area contributed by atoms with Gasteiger partial charge in [-0.3, -0.25) is 4.79 Å². The van der Waals surface area contributed by atoms with Crippen molar-refractivity contribution < 1.29 is 14.3 Å². The van der Waals surface area contributed by atoms with Crippen LogP contribution in [0.1, 0.15) is 31.4 Å². The van der Waals surface area contributed by atoms with Crippen LogP contribution >= 0.6 is 0 Å². The van der Waals surface area contributed by atoms with E-state index in [1.165, 1.54) is 0 Å². The molecule has 1 aromatic rings. The molecule has 0 aromatic heterocycles. The monoisotopic (exact) mass is 290 g/mol. The normalized spacial score (nSPS) is 18.9. The highest BCUT2D eigenvalue weighted by Crippen LogP contribution is 2.33. The summed E-state index contributed by atoms with van der Waals surface area (Å²) in [5, 5.41) is 3.46. The first-order valence-electron chi connectivity index (χ1n) is 7.68. The summed E-state index contributed by atoms with van der Waals surface area (Å²) < 4.78 is 11.2. The SMILES string of the molecule is CCNC(CN1CCCC1=O)c1ccc2c(c1)OCCO2. The second kappa shape index (κ2) is 6.35. The number of hydrogen-bond acceptors (Lipinski definition) is 4. The molecule has 1 unspecified atom stereocenters. The van der Waals surface area contributed by atoms with Crippen LogP contribution in [-0.4, -0.2) is 43.7 Å². The largest absolute Gasteiger partial charge is 0.486 e. The number of hydrogen-bond donors (Lipinski definition) is 1. The van der Waals surface area contributed by atoms with Crippen LogP contribution in [0.2, 0.25) is 0 Å². The number of amides is 1. The fraction of sp³-hybridized carbons (Fsp3) is 0.562. The van der Waals surface area contributed by atoms with E-state index in [1.54, 1.807) is 0 Å². The number of fused-ring (bicyclic) bond motifs is 1. The van der Waals surface area contributed by atoms with Crippen molar-refractivity contribution in [3.05, 3.63) is 23.8 Å². The van der Waals surface area contributed by atoms with Crippen LogP contribution in [0.15, 0.2) is 18.2 Å². The van der Waals surface area contributed by atoms with Crippen LogP contribution < -0.4 is 14.8 Å². The van der Waals surface area contributed by atoms with Crippen LogP contribution in [-0.2, 0) is 4.79 Å². The molecule has 1 atom stereocenters. The molecule has 0 saturated carbocycles. The lowest BCUT2D eigenvalue weighted by Gasteiger charge is -2.26. The molecule has 5 heteroatoms. The van der Waals surface area contributed by atoms with Gasteiger partial charge in [0, 0.05) is 19.5 Å². The van der Waals surface area contributed by atoms with Crippen LogP contribution in [0.5, 0.6) is 11.5 Å². The molecule has 0 spiro atoms. The minimum atomic E-state index is 0.132. The molecule has 1 N–H and O–H groups in total. The number of likely N-dealkylation sites (N-methyl/N-ethyl adjacent to an activating group) is 1. The second-order valence-corrected chi connectivity index (χ2v) is 5.46. The summed E-state index contributed by atoms with van der Waals surface area (Å²) in [6, 6.07) is 6.18. The van der Waals surface area contributed by atoms with Gasteiger partial charge in [0.15, 0.2) is 11.5 Å². The number of rotatable bonds is 5. The summed E-state index contributed by atoms with van der Waals surface area (Å²) in [5.74, 6) is 1.86. The number of nitrogens with one attached hydrogen (secondary N) is 1. The van der Waals surface area contributed by atoms with E-state index in [1.807, 2.05) is 17.0 Å². The Balaban J connectivity index is 1.78. The van der Waals surface area contributed by atoms with E-state index in [0.717, 1.165) is 36.6 Å². The number of benzene rings is 1. The fourth-order valence-corrected chi connectivity index (χ4v) is 2.93. The lowest BCUT2D eigenvalue weighted by Crippen LogP contribution is -2.36. The van der Waals surface area contributed by atoms with E-state index < -0.39 is 0 Å². The molecule has 1 fully saturated rings. The first kappa shape index (κ1) is 14.2. The Labute approximate surface area is 125 Å². The quantitative estimate of drug-likeness (QED) is 0.897. The Bertz CT molecular complexity index is 518. The third-order valence-electron chi connectivity index (χ3n) is 3.99. The predicted octanol–water partition coefficient (Wildman–Crippen LogP) is 1.73. The third kappa shape index (κ3) is 3.13. The highest BCUT2D eigenvalue weighted by molar-refractivity contribution is 5.78. The van der Waals surface area contributed by atoms with Gasteiger partial charge in [-0.05, 0) is 30.7 Å². The maximum absolute atomic E-state index is 11.8. The zero-order chi connectivity index (χ0) is 14.7. The Kier molecular flexibility index (Phi) is 4.29. The molecule has 114 valence electrons. The number of carbonyl (C=O) groups excluding carboxylic acids is 1. The molecule has 5 nitrogen and oxygen atoms in total. The smallest absolute Gasteiger partial charge is 0.222 e. The van der Waals surface area contributed by atoms with Gasteiger partial charge < -0.3 is 19.7 Å². The first-order chi connectivity index (χ1) is 10.3. The lowest BCUT2D eigenvalue weighted by atomic mass is 10.1. The Hall–Kier alpha value is -1.75. The van der Waals surface area contributed by atoms with Gasteiger partial charge in [0.2, 0.25) is 5.91 Å². The molecule has 21 heavy (non-hydrogen) atoms. The minimum Gasteiger partial charge on any atom is -0.486 e. The summed E-state index contributed by atoms with van der Waals surface area (Å²) in [4.78, 5) is 13.8. The van der Waals surface area contributed by atoms with Gasteiger partial charge in [-0.2, -0.15) is 0 Å². The molecule has 1 saturated heterocycles. The van der Waals surface area contributed by atoms with E-state index in [0.29, 0.717) is 26.2 Å². The number of ether oxygens (including phenoxy) is 2. The van der Waals surface area contributed by atoms with E-state index in [9.17, 15) is 4.79 Å². The van der Waals surface area contributed by atoms with Crippen molar-refractivity contribution in [2.75, 3.05) is 32.8 Å². The number of carbonyl (C=O) groups is 1. The van der Waals surface area contributed by atoms with Crippen molar-refractivity contribution in [1.82, 2.24) is 10.2 Å². The summed E-state index contributed by atoms with van der Waals surface area (Å²) in [6.45, 7) is 5.72. The van der Waals surface area contributed by atoms with Gasteiger partial charge in [0.1, 0.15) is 13.2 Å².